The molecule has 0 aliphatic rings. The number of hydrogen-bond acceptors (Lipinski definition) is 5. The Morgan fingerprint density at radius 2 is 1.88 bits per heavy atom. The molecule has 0 saturated carbocycles. The van der Waals surface area contributed by atoms with E-state index >= 15 is 0 Å². The third-order valence-corrected chi connectivity index (χ3v) is 5.19. The highest BCUT2D eigenvalue weighted by Crippen LogP contribution is 2.25. The third kappa shape index (κ3) is 3.32. The van der Waals surface area contributed by atoms with Crippen molar-refractivity contribution in [3.63, 3.8) is 0 Å². The molecule has 0 atom stereocenters. The van der Waals surface area contributed by atoms with Crippen LogP contribution in [0.5, 0.6) is 0 Å². The van der Waals surface area contributed by atoms with Gasteiger partial charge in [-0.2, -0.15) is 0 Å². The summed E-state index contributed by atoms with van der Waals surface area (Å²) >= 11 is 0. The normalized spacial score (nSPS) is 11.3. The van der Waals surface area contributed by atoms with Gasteiger partial charge >= 0.3 is 5.97 Å². The number of methoxy groups -OCH3 is 1. The summed E-state index contributed by atoms with van der Waals surface area (Å²) in [7, 11) is -2.60. The second-order valence-electron chi connectivity index (χ2n) is 5.46. The molecular weight excluding hydrogens is 340 g/mol. The SMILES string of the molecule is COC(=O)c1ccc(C)c(NS(=O)(=O)c2cccc3cccnc23)c1. The maximum absolute atomic E-state index is 12.9. The summed E-state index contributed by atoms with van der Waals surface area (Å²) in [5, 5.41) is 0.727. The van der Waals surface area contributed by atoms with Crippen LogP contribution in [0.2, 0.25) is 0 Å². The van der Waals surface area contributed by atoms with Crippen LogP contribution >= 0.6 is 0 Å². The number of carbonyl (C=O) groups excluding carboxylic acids is 1. The number of aryl methyl sites for hydroxylation is 1. The summed E-state index contributed by atoms with van der Waals surface area (Å²) in [5.41, 5.74) is 1.65. The van der Waals surface area contributed by atoms with Gasteiger partial charge in [0, 0.05) is 11.6 Å². The summed E-state index contributed by atoms with van der Waals surface area (Å²) in [6.45, 7) is 1.75. The van der Waals surface area contributed by atoms with Crippen molar-refractivity contribution in [3.8, 4) is 0 Å². The molecule has 7 heteroatoms. The molecule has 0 amide bonds. The van der Waals surface area contributed by atoms with Crippen molar-refractivity contribution >= 4 is 32.6 Å². The average molecular weight is 356 g/mol. The minimum absolute atomic E-state index is 0.0773. The number of fused-ring (bicyclic) bond motifs is 1. The van der Waals surface area contributed by atoms with Crippen molar-refractivity contribution in [3.05, 3.63) is 65.9 Å². The number of carbonyl (C=O) groups is 1. The maximum atomic E-state index is 12.9. The first-order chi connectivity index (χ1) is 11.9. The van der Waals surface area contributed by atoms with Crippen LogP contribution in [-0.4, -0.2) is 26.5 Å². The van der Waals surface area contributed by atoms with E-state index in [2.05, 4.69) is 14.4 Å². The highest BCUT2D eigenvalue weighted by Gasteiger charge is 2.20. The highest BCUT2D eigenvalue weighted by molar-refractivity contribution is 7.93. The highest BCUT2D eigenvalue weighted by atomic mass is 32.2. The Bertz CT molecular complexity index is 1060. The summed E-state index contributed by atoms with van der Waals surface area (Å²) < 4.78 is 32.9. The van der Waals surface area contributed by atoms with E-state index < -0.39 is 16.0 Å². The predicted molar refractivity (Wildman–Crippen MR) is 95.1 cm³/mol. The second kappa shape index (κ2) is 6.52. The van der Waals surface area contributed by atoms with Crippen LogP contribution in [0.25, 0.3) is 10.9 Å². The van der Waals surface area contributed by atoms with Crippen LogP contribution in [0.15, 0.2) is 59.6 Å². The molecule has 25 heavy (non-hydrogen) atoms. The number of anilines is 1. The van der Waals surface area contributed by atoms with Gasteiger partial charge in [0.05, 0.1) is 23.9 Å². The van der Waals surface area contributed by atoms with Gasteiger partial charge in [-0.15, -0.1) is 0 Å². The predicted octanol–water partition coefficient (Wildman–Crippen LogP) is 3.13. The fourth-order valence-electron chi connectivity index (χ4n) is 2.47. The topological polar surface area (TPSA) is 85.4 Å². The second-order valence-corrected chi connectivity index (χ2v) is 7.11. The first-order valence-corrected chi connectivity index (χ1v) is 8.96. The lowest BCUT2D eigenvalue weighted by molar-refractivity contribution is 0.0601. The fourth-order valence-corrected chi connectivity index (χ4v) is 3.77. The first kappa shape index (κ1) is 16.9. The number of benzene rings is 2. The van der Waals surface area contributed by atoms with E-state index in [0.29, 0.717) is 16.8 Å². The van der Waals surface area contributed by atoms with Crippen LogP contribution in [-0.2, 0) is 14.8 Å². The van der Waals surface area contributed by atoms with Crippen LogP contribution in [0.1, 0.15) is 15.9 Å². The van der Waals surface area contributed by atoms with Crippen molar-refractivity contribution in [2.24, 2.45) is 0 Å². The van der Waals surface area contributed by atoms with Crippen LogP contribution < -0.4 is 4.72 Å². The molecule has 0 aliphatic carbocycles. The van der Waals surface area contributed by atoms with Gasteiger partial charge in [-0.3, -0.25) is 9.71 Å². The Balaban J connectivity index is 2.06. The molecule has 0 bridgehead atoms. The van der Waals surface area contributed by atoms with Gasteiger partial charge in [-0.05, 0) is 36.8 Å². The number of sulfonamides is 1. The summed E-state index contributed by atoms with van der Waals surface area (Å²) in [5.74, 6) is -0.535. The van der Waals surface area contributed by atoms with Gasteiger partial charge in [0.1, 0.15) is 4.90 Å². The van der Waals surface area contributed by atoms with Gasteiger partial charge in [0.15, 0.2) is 0 Å². The zero-order valence-electron chi connectivity index (χ0n) is 13.7. The minimum Gasteiger partial charge on any atom is -0.465 e. The zero-order valence-corrected chi connectivity index (χ0v) is 14.5. The lowest BCUT2D eigenvalue weighted by Gasteiger charge is -2.13. The molecule has 0 unspecified atom stereocenters. The van der Waals surface area contributed by atoms with Crippen LogP contribution in [0, 0.1) is 6.92 Å². The number of hydrogen-bond donors (Lipinski definition) is 1. The summed E-state index contributed by atoms with van der Waals surface area (Å²) in [6, 6.07) is 13.2. The molecule has 1 N–H and O–H groups in total. The van der Waals surface area contributed by atoms with Crippen molar-refractivity contribution in [2.45, 2.75) is 11.8 Å². The van der Waals surface area contributed by atoms with Crippen molar-refractivity contribution in [2.75, 3.05) is 11.8 Å². The Labute approximate surface area is 145 Å². The molecular formula is C18H16N2O4S. The Hall–Kier alpha value is -2.93. The molecule has 1 aromatic heterocycles. The van der Waals surface area contributed by atoms with Crippen molar-refractivity contribution in [1.82, 2.24) is 4.98 Å². The Morgan fingerprint density at radius 3 is 2.64 bits per heavy atom. The number of ether oxygens (including phenoxy) is 1. The summed E-state index contributed by atoms with van der Waals surface area (Å²) in [6.07, 6.45) is 1.55. The van der Waals surface area contributed by atoms with E-state index in [0.717, 1.165) is 5.39 Å². The number of nitrogens with one attached hydrogen (secondary N) is 1. The molecule has 3 rings (SSSR count). The number of pyridine rings is 1. The standard InChI is InChI=1S/C18H16N2O4S/c1-12-8-9-14(18(21)24-2)11-15(12)20-25(22,23)16-7-3-5-13-6-4-10-19-17(13)16/h3-11,20H,1-2H3. The molecule has 3 aromatic rings. The number of aromatic nitrogens is 1. The minimum atomic E-state index is -3.88. The van der Waals surface area contributed by atoms with E-state index in [-0.39, 0.29) is 10.5 Å². The molecule has 2 aromatic carbocycles. The number of para-hydroxylation sites is 1. The Morgan fingerprint density at radius 1 is 1.12 bits per heavy atom. The average Bonchev–Trinajstić information content (AvgIpc) is 2.62. The van der Waals surface area contributed by atoms with E-state index in [1.165, 1.54) is 19.2 Å². The molecule has 0 aliphatic heterocycles. The van der Waals surface area contributed by atoms with E-state index in [9.17, 15) is 13.2 Å². The van der Waals surface area contributed by atoms with Gasteiger partial charge in [-0.1, -0.05) is 24.3 Å². The van der Waals surface area contributed by atoms with E-state index in [4.69, 9.17) is 0 Å². The molecule has 128 valence electrons. The maximum Gasteiger partial charge on any atom is 0.337 e. The molecule has 0 saturated heterocycles. The van der Waals surface area contributed by atoms with Crippen LogP contribution in [0.4, 0.5) is 5.69 Å². The fraction of sp³-hybridized carbons (Fsp3) is 0.111. The number of rotatable bonds is 4. The monoisotopic (exact) mass is 356 g/mol. The van der Waals surface area contributed by atoms with E-state index in [1.54, 1.807) is 49.5 Å². The molecule has 6 nitrogen and oxygen atoms in total. The van der Waals surface area contributed by atoms with Gasteiger partial charge in [0.25, 0.3) is 10.0 Å². The number of esters is 1. The molecule has 0 radical (unpaired) electrons. The van der Waals surface area contributed by atoms with Gasteiger partial charge in [-0.25, -0.2) is 13.2 Å². The van der Waals surface area contributed by atoms with Gasteiger partial charge < -0.3 is 4.74 Å². The molecule has 0 fully saturated rings. The van der Waals surface area contributed by atoms with Crippen molar-refractivity contribution in [1.29, 1.82) is 0 Å². The van der Waals surface area contributed by atoms with Gasteiger partial charge in [0.2, 0.25) is 0 Å². The van der Waals surface area contributed by atoms with E-state index in [1.807, 2.05) is 0 Å². The first-order valence-electron chi connectivity index (χ1n) is 7.48. The molecule has 1 heterocycles. The zero-order chi connectivity index (χ0) is 18.0. The summed E-state index contributed by atoms with van der Waals surface area (Å²) in [4.78, 5) is 15.9. The number of nitrogens with zero attached hydrogens (tertiary/aromatic N) is 1. The van der Waals surface area contributed by atoms with Crippen LogP contribution in [0.3, 0.4) is 0 Å². The third-order valence-electron chi connectivity index (χ3n) is 3.79. The largest absolute Gasteiger partial charge is 0.465 e. The quantitative estimate of drug-likeness (QED) is 0.726. The lowest BCUT2D eigenvalue weighted by Crippen LogP contribution is -2.15. The smallest absolute Gasteiger partial charge is 0.337 e. The lowest BCUT2D eigenvalue weighted by atomic mass is 10.1. The Kier molecular flexibility index (Phi) is 4.41. The van der Waals surface area contributed by atoms with Crippen molar-refractivity contribution < 1.29 is 17.9 Å². The molecule has 0 spiro atoms.